The molecular weight excluding hydrogens is 288 g/mol. The summed E-state index contributed by atoms with van der Waals surface area (Å²) in [4.78, 5) is 9.43. The lowest BCUT2D eigenvalue weighted by atomic mass is 9.90. The van der Waals surface area contributed by atoms with Crippen LogP contribution in [0.1, 0.15) is 74.9 Å². The third kappa shape index (κ3) is 3.53. The zero-order chi connectivity index (χ0) is 12.8. The predicted octanol–water partition coefficient (Wildman–Crippen LogP) is 4.76. The molecule has 0 atom stereocenters. The average Bonchev–Trinajstić information content (AvgIpc) is 2.37. The maximum Gasteiger partial charge on any atom is 0.131 e. The Labute approximate surface area is 119 Å². The molecule has 0 amide bonds. The molecule has 1 saturated carbocycles. The Morgan fingerprint density at radius 2 is 1.83 bits per heavy atom. The maximum atomic E-state index is 4.82. The van der Waals surface area contributed by atoms with Crippen LogP contribution in [0.4, 0.5) is 0 Å². The van der Waals surface area contributed by atoms with Crippen molar-refractivity contribution in [2.75, 3.05) is 0 Å². The van der Waals surface area contributed by atoms with Crippen LogP contribution in [0, 0.1) is 0 Å². The fourth-order valence-electron chi connectivity index (χ4n) is 2.79. The molecule has 100 valence electrons. The van der Waals surface area contributed by atoms with Crippen molar-refractivity contribution < 1.29 is 0 Å². The van der Waals surface area contributed by atoms with Gasteiger partial charge in [-0.05, 0) is 19.3 Å². The molecule has 1 aliphatic rings. The Morgan fingerprint density at radius 1 is 1.17 bits per heavy atom. The molecule has 0 unspecified atom stereocenters. The van der Waals surface area contributed by atoms with E-state index in [9.17, 15) is 0 Å². The molecule has 0 spiro atoms. The second kappa shape index (κ2) is 7.22. The molecule has 0 radical (unpaired) electrons. The van der Waals surface area contributed by atoms with Crippen molar-refractivity contribution in [1.29, 1.82) is 0 Å². The van der Waals surface area contributed by atoms with Gasteiger partial charge in [-0.2, -0.15) is 0 Å². The lowest BCUT2D eigenvalue weighted by molar-refractivity contribution is 0.441. The molecule has 0 saturated heterocycles. The quantitative estimate of drug-likeness (QED) is 0.752. The van der Waals surface area contributed by atoms with E-state index in [-0.39, 0.29) is 0 Å². The molecule has 1 fully saturated rings. The van der Waals surface area contributed by atoms with Crippen LogP contribution < -0.4 is 0 Å². The van der Waals surface area contributed by atoms with E-state index in [1.165, 1.54) is 56.2 Å². The number of halogens is 1. The highest BCUT2D eigenvalue weighted by Gasteiger charge is 2.17. The zero-order valence-corrected chi connectivity index (χ0v) is 12.9. The third-order valence-electron chi connectivity index (χ3n) is 3.92. The Bertz CT molecular complexity index is 371. The van der Waals surface area contributed by atoms with Crippen LogP contribution in [0.3, 0.4) is 0 Å². The van der Waals surface area contributed by atoms with Gasteiger partial charge in [-0.3, -0.25) is 0 Å². The van der Waals surface area contributed by atoms with E-state index in [0.29, 0.717) is 5.92 Å². The standard InChI is InChI=1S/C15H23BrN2/c1-2-14-13(10-16)11-17-15(18-14)12-8-6-4-3-5-7-9-12/h11-12H,2-10H2,1H3. The van der Waals surface area contributed by atoms with E-state index in [0.717, 1.165) is 17.6 Å². The van der Waals surface area contributed by atoms with Crippen molar-refractivity contribution in [1.82, 2.24) is 9.97 Å². The Balaban J connectivity index is 2.15. The van der Waals surface area contributed by atoms with Crippen LogP contribution in [-0.4, -0.2) is 9.97 Å². The van der Waals surface area contributed by atoms with E-state index in [4.69, 9.17) is 4.98 Å². The molecule has 18 heavy (non-hydrogen) atoms. The summed E-state index contributed by atoms with van der Waals surface area (Å²) in [5.41, 5.74) is 2.46. The van der Waals surface area contributed by atoms with Gasteiger partial charge in [0.25, 0.3) is 0 Å². The van der Waals surface area contributed by atoms with Gasteiger partial charge in [0.05, 0.1) is 0 Å². The van der Waals surface area contributed by atoms with Gasteiger partial charge in [0.1, 0.15) is 5.82 Å². The lowest BCUT2D eigenvalue weighted by Crippen LogP contribution is -2.09. The summed E-state index contributed by atoms with van der Waals surface area (Å²) in [6.45, 7) is 2.18. The maximum absolute atomic E-state index is 4.82. The van der Waals surface area contributed by atoms with E-state index in [1.807, 2.05) is 6.20 Å². The van der Waals surface area contributed by atoms with Crippen molar-refractivity contribution in [2.24, 2.45) is 0 Å². The second-order valence-electron chi connectivity index (χ2n) is 5.23. The van der Waals surface area contributed by atoms with Crippen molar-refractivity contribution in [3.63, 3.8) is 0 Å². The highest BCUT2D eigenvalue weighted by atomic mass is 79.9. The molecule has 2 rings (SSSR count). The molecule has 0 bridgehead atoms. The van der Waals surface area contributed by atoms with Gasteiger partial charge in [-0.15, -0.1) is 0 Å². The Kier molecular flexibility index (Phi) is 5.61. The fraction of sp³-hybridized carbons (Fsp3) is 0.733. The summed E-state index contributed by atoms with van der Waals surface area (Å²) >= 11 is 3.51. The van der Waals surface area contributed by atoms with E-state index in [1.54, 1.807) is 0 Å². The highest BCUT2D eigenvalue weighted by Crippen LogP contribution is 2.29. The first-order valence-corrected chi connectivity index (χ1v) is 8.38. The summed E-state index contributed by atoms with van der Waals surface area (Å²) in [6.07, 6.45) is 12.4. The van der Waals surface area contributed by atoms with Crippen molar-refractivity contribution in [3.8, 4) is 0 Å². The molecule has 0 aromatic carbocycles. The van der Waals surface area contributed by atoms with Gasteiger partial charge in [0, 0.05) is 28.7 Å². The minimum Gasteiger partial charge on any atom is -0.241 e. The van der Waals surface area contributed by atoms with Gasteiger partial charge in [-0.25, -0.2) is 9.97 Å². The number of alkyl halides is 1. The summed E-state index contributed by atoms with van der Waals surface area (Å²) < 4.78 is 0. The van der Waals surface area contributed by atoms with E-state index >= 15 is 0 Å². The number of hydrogen-bond donors (Lipinski definition) is 0. The normalized spacial score (nSPS) is 18.3. The molecule has 1 heterocycles. The van der Waals surface area contributed by atoms with Crippen LogP contribution in [0.15, 0.2) is 6.20 Å². The largest absolute Gasteiger partial charge is 0.241 e. The summed E-state index contributed by atoms with van der Waals surface area (Å²) in [7, 11) is 0. The molecule has 2 nitrogen and oxygen atoms in total. The minimum atomic E-state index is 0.597. The number of rotatable bonds is 3. The molecule has 1 aromatic rings. The van der Waals surface area contributed by atoms with Crippen LogP contribution >= 0.6 is 15.9 Å². The molecule has 3 heteroatoms. The molecular formula is C15H23BrN2. The van der Waals surface area contributed by atoms with Crippen LogP contribution in [0.25, 0.3) is 0 Å². The predicted molar refractivity (Wildman–Crippen MR) is 79.1 cm³/mol. The molecule has 0 N–H and O–H groups in total. The molecule has 1 aromatic heterocycles. The van der Waals surface area contributed by atoms with Crippen molar-refractivity contribution in [2.45, 2.75) is 69.5 Å². The smallest absolute Gasteiger partial charge is 0.131 e. The van der Waals surface area contributed by atoms with Gasteiger partial charge >= 0.3 is 0 Å². The minimum absolute atomic E-state index is 0.597. The second-order valence-corrected chi connectivity index (χ2v) is 5.79. The van der Waals surface area contributed by atoms with Crippen LogP contribution in [0.2, 0.25) is 0 Å². The molecule has 0 aliphatic heterocycles. The first kappa shape index (κ1) is 14.0. The van der Waals surface area contributed by atoms with Gasteiger partial charge in [0.15, 0.2) is 0 Å². The molecule has 1 aliphatic carbocycles. The van der Waals surface area contributed by atoms with Crippen molar-refractivity contribution >= 4 is 15.9 Å². The first-order valence-electron chi connectivity index (χ1n) is 7.25. The topological polar surface area (TPSA) is 25.8 Å². The zero-order valence-electron chi connectivity index (χ0n) is 11.3. The average molecular weight is 311 g/mol. The third-order valence-corrected chi connectivity index (χ3v) is 4.53. The lowest BCUT2D eigenvalue weighted by Gasteiger charge is -2.19. The van der Waals surface area contributed by atoms with E-state index < -0.39 is 0 Å². The Hall–Kier alpha value is -0.440. The van der Waals surface area contributed by atoms with Crippen molar-refractivity contribution in [3.05, 3.63) is 23.3 Å². The van der Waals surface area contributed by atoms with Gasteiger partial charge < -0.3 is 0 Å². The van der Waals surface area contributed by atoms with E-state index in [2.05, 4.69) is 27.8 Å². The SMILES string of the molecule is CCc1nc(C2CCCCCCC2)ncc1CBr. The summed E-state index contributed by atoms with van der Waals surface area (Å²) in [5, 5.41) is 0.862. The van der Waals surface area contributed by atoms with Crippen LogP contribution in [0.5, 0.6) is 0 Å². The Morgan fingerprint density at radius 3 is 2.44 bits per heavy atom. The first-order chi connectivity index (χ1) is 8.85. The summed E-state index contributed by atoms with van der Waals surface area (Å²) in [5.74, 6) is 1.69. The number of aryl methyl sites for hydroxylation is 1. The number of nitrogens with zero attached hydrogens (tertiary/aromatic N) is 2. The fourth-order valence-corrected chi connectivity index (χ4v) is 3.25. The van der Waals surface area contributed by atoms with Gasteiger partial charge in [0.2, 0.25) is 0 Å². The monoisotopic (exact) mass is 310 g/mol. The summed E-state index contributed by atoms with van der Waals surface area (Å²) in [6, 6.07) is 0. The number of aromatic nitrogens is 2. The van der Waals surface area contributed by atoms with Crippen LogP contribution in [-0.2, 0) is 11.8 Å². The highest BCUT2D eigenvalue weighted by molar-refractivity contribution is 9.08. The van der Waals surface area contributed by atoms with Gasteiger partial charge in [-0.1, -0.05) is 55.0 Å². The number of hydrogen-bond acceptors (Lipinski definition) is 2.